The fourth-order valence-electron chi connectivity index (χ4n) is 2.89. The van der Waals surface area contributed by atoms with Crippen LogP contribution in [0.15, 0.2) is 0 Å². The number of nitrogens with two attached hydrogens (primary N) is 1. The molecule has 0 aromatic rings. The summed E-state index contributed by atoms with van der Waals surface area (Å²) in [6.45, 7) is 1.81. The Morgan fingerprint density at radius 3 is 2.70 bits per heavy atom. The van der Waals surface area contributed by atoms with Gasteiger partial charge in [-0.25, -0.2) is 8.42 Å². The highest BCUT2D eigenvalue weighted by atomic mass is 35.5. The van der Waals surface area contributed by atoms with Crippen LogP contribution in [-0.2, 0) is 19.5 Å². The van der Waals surface area contributed by atoms with E-state index in [1.807, 2.05) is 0 Å². The van der Waals surface area contributed by atoms with E-state index in [1.165, 1.54) is 0 Å². The number of hydrogen-bond donors (Lipinski definition) is 1. The molecule has 2 heterocycles. The molecule has 0 amide bonds. The highest BCUT2D eigenvalue weighted by molar-refractivity contribution is 7.89. The number of hydrogen-bond acceptors (Lipinski definition) is 5. The van der Waals surface area contributed by atoms with E-state index in [2.05, 4.69) is 0 Å². The largest absolute Gasteiger partial charge is 0.381 e. The first-order chi connectivity index (χ1) is 9.09. The predicted octanol–water partition coefficient (Wildman–Crippen LogP) is 0.355. The molecule has 0 spiro atoms. The maximum atomic E-state index is 12.7. The highest BCUT2D eigenvalue weighted by Crippen LogP contribution is 2.27. The van der Waals surface area contributed by atoms with Gasteiger partial charge in [-0.3, -0.25) is 0 Å². The minimum absolute atomic E-state index is 0. The van der Waals surface area contributed by atoms with Crippen molar-refractivity contribution in [3.63, 3.8) is 0 Å². The molecule has 2 aliphatic rings. The second kappa shape index (κ2) is 7.91. The van der Waals surface area contributed by atoms with Crippen LogP contribution in [0.1, 0.15) is 25.7 Å². The van der Waals surface area contributed by atoms with Crippen molar-refractivity contribution in [3.8, 4) is 0 Å². The van der Waals surface area contributed by atoms with E-state index in [0.29, 0.717) is 39.1 Å². The molecule has 120 valence electrons. The van der Waals surface area contributed by atoms with Gasteiger partial charge in [-0.05, 0) is 25.7 Å². The van der Waals surface area contributed by atoms with Gasteiger partial charge >= 0.3 is 0 Å². The van der Waals surface area contributed by atoms with E-state index in [1.54, 1.807) is 11.4 Å². The second-order valence-electron chi connectivity index (χ2n) is 5.27. The Kier molecular flexibility index (Phi) is 7.17. The van der Waals surface area contributed by atoms with Crippen molar-refractivity contribution in [3.05, 3.63) is 0 Å². The van der Waals surface area contributed by atoms with Crippen LogP contribution in [-0.4, -0.2) is 63.5 Å². The van der Waals surface area contributed by atoms with Crippen LogP contribution >= 0.6 is 12.4 Å². The SMILES string of the molecule is COC1CCN(S(=O)(=O)C2CCCOC2)C(CN)C1.Cl. The third kappa shape index (κ3) is 3.84. The zero-order valence-electron chi connectivity index (χ0n) is 11.9. The van der Waals surface area contributed by atoms with Crippen LogP contribution in [0.3, 0.4) is 0 Å². The summed E-state index contributed by atoms with van der Waals surface area (Å²) in [5.41, 5.74) is 5.74. The van der Waals surface area contributed by atoms with Crippen molar-refractivity contribution < 1.29 is 17.9 Å². The smallest absolute Gasteiger partial charge is 0.219 e. The first kappa shape index (κ1) is 18.1. The van der Waals surface area contributed by atoms with Crippen LogP contribution in [0.2, 0.25) is 0 Å². The van der Waals surface area contributed by atoms with Gasteiger partial charge in [-0.2, -0.15) is 4.31 Å². The standard InChI is InChI=1S/C12H24N2O4S.ClH/c1-17-11-4-5-14(10(7-11)8-13)19(15,16)12-3-2-6-18-9-12;/h10-12H,2-9,13H2,1H3;1H. The van der Waals surface area contributed by atoms with Crippen molar-refractivity contribution in [2.24, 2.45) is 5.73 Å². The fourth-order valence-corrected chi connectivity index (χ4v) is 4.96. The molecule has 2 aliphatic heterocycles. The van der Waals surface area contributed by atoms with Crippen molar-refractivity contribution in [2.45, 2.75) is 43.1 Å². The van der Waals surface area contributed by atoms with Crippen LogP contribution < -0.4 is 5.73 Å². The van der Waals surface area contributed by atoms with Crippen molar-refractivity contribution in [2.75, 3.05) is 33.4 Å². The van der Waals surface area contributed by atoms with E-state index in [-0.39, 0.29) is 24.6 Å². The Labute approximate surface area is 127 Å². The average molecular weight is 329 g/mol. The molecular weight excluding hydrogens is 304 g/mol. The van der Waals surface area contributed by atoms with Crippen molar-refractivity contribution in [1.82, 2.24) is 4.31 Å². The molecule has 0 aromatic heterocycles. The number of ether oxygens (including phenoxy) is 2. The van der Waals surface area contributed by atoms with Crippen LogP contribution in [0.4, 0.5) is 0 Å². The molecule has 2 fully saturated rings. The Morgan fingerprint density at radius 2 is 2.15 bits per heavy atom. The molecule has 0 saturated carbocycles. The van der Waals surface area contributed by atoms with E-state index in [4.69, 9.17) is 15.2 Å². The molecule has 2 rings (SSSR count). The topological polar surface area (TPSA) is 81.9 Å². The minimum Gasteiger partial charge on any atom is -0.381 e. The van der Waals surface area contributed by atoms with Crippen LogP contribution in [0, 0.1) is 0 Å². The number of methoxy groups -OCH3 is 1. The summed E-state index contributed by atoms with van der Waals surface area (Å²) in [4.78, 5) is 0. The molecule has 0 bridgehead atoms. The summed E-state index contributed by atoms with van der Waals surface area (Å²) >= 11 is 0. The maximum absolute atomic E-state index is 12.7. The molecule has 3 atom stereocenters. The third-order valence-corrected chi connectivity index (χ3v) is 6.43. The molecule has 0 aliphatic carbocycles. The summed E-state index contributed by atoms with van der Waals surface area (Å²) < 4.78 is 37.5. The summed E-state index contributed by atoms with van der Waals surface area (Å²) in [6.07, 6.45) is 3.03. The van der Waals surface area contributed by atoms with Crippen molar-refractivity contribution in [1.29, 1.82) is 0 Å². The van der Waals surface area contributed by atoms with Gasteiger partial charge in [0.1, 0.15) is 0 Å². The first-order valence-electron chi connectivity index (χ1n) is 6.91. The van der Waals surface area contributed by atoms with E-state index in [0.717, 1.165) is 12.8 Å². The Balaban J connectivity index is 0.00000200. The van der Waals surface area contributed by atoms with Gasteiger partial charge in [0.15, 0.2) is 0 Å². The lowest BCUT2D eigenvalue weighted by Gasteiger charge is -2.39. The van der Waals surface area contributed by atoms with Gasteiger partial charge in [0, 0.05) is 32.8 Å². The molecule has 0 aromatic carbocycles. The van der Waals surface area contributed by atoms with Crippen LogP contribution in [0.5, 0.6) is 0 Å². The molecule has 2 saturated heterocycles. The Morgan fingerprint density at radius 1 is 1.40 bits per heavy atom. The Hall–Kier alpha value is 0.0800. The monoisotopic (exact) mass is 328 g/mol. The molecule has 20 heavy (non-hydrogen) atoms. The van der Waals surface area contributed by atoms with E-state index in [9.17, 15) is 8.42 Å². The van der Waals surface area contributed by atoms with Gasteiger partial charge < -0.3 is 15.2 Å². The zero-order chi connectivity index (χ0) is 13.9. The quantitative estimate of drug-likeness (QED) is 0.805. The van der Waals surface area contributed by atoms with Gasteiger partial charge in [-0.15, -0.1) is 12.4 Å². The minimum atomic E-state index is -3.31. The molecule has 8 heteroatoms. The molecule has 0 radical (unpaired) electrons. The van der Waals surface area contributed by atoms with Gasteiger partial charge in [0.2, 0.25) is 10.0 Å². The summed E-state index contributed by atoms with van der Waals surface area (Å²) in [5, 5.41) is -0.408. The van der Waals surface area contributed by atoms with Gasteiger partial charge in [-0.1, -0.05) is 0 Å². The molecule has 2 N–H and O–H groups in total. The second-order valence-corrected chi connectivity index (χ2v) is 7.43. The lowest BCUT2D eigenvalue weighted by atomic mass is 10.0. The van der Waals surface area contributed by atoms with Gasteiger partial charge in [0.05, 0.1) is 18.0 Å². The molecular formula is C12H25ClN2O4S. The summed E-state index contributed by atoms with van der Waals surface area (Å²) in [7, 11) is -1.64. The van der Waals surface area contributed by atoms with E-state index >= 15 is 0 Å². The maximum Gasteiger partial charge on any atom is 0.219 e. The Bertz CT molecular complexity index is 387. The number of rotatable bonds is 4. The van der Waals surface area contributed by atoms with Crippen molar-refractivity contribution >= 4 is 22.4 Å². The number of sulfonamides is 1. The third-order valence-electron chi connectivity index (χ3n) is 4.09. The van der Waals surface area contributed by atoms with Crippen LogP contribution in [0.25, 0.3) is 0 Å². The number of halogens is 1. The summed E-state index contributed by atoms with van der Waals surface area (Å²) in [5.74, 6) is 0. The highest BCUT2D eigenvalue weighted by Gasteiger charge is 2.40. The predicted molar refractivity (Wildman–Crippen MR) is 79.6 cm³/mol. The molecule has 6 nitrogen and oxygen atoms in total. The molecule has 3 unspecified atom stereocenters. The van der Waals surface area contributed by atoms with Gasteiger partial charge in [0.25, 0.3) is 0 Å². The average Bonchev–Trinajstić information content (AvgIpc) is 2.47. The lowest BCUT2D eigenvalue weighted by Crippen LogP contribution is -2.54. The summed E-state index contributed by atoms with van der Waals surface area (Å²) in [6, 6.07) is -0.148. The normalized spacial score (nSPS) is 32.6. The first-order valence-corrected chi connectivity index (χ1v) is 8.41. The number of nitrogens with zero attached hydrogens (tertiary/aromatic N) is 1. The van der Waals surface area contributed by atoms with E-state index < -0.39 is 15.3 Å². The number of piperidine rings is 1. The lowest BCUT2D eigenvalue weighted by molar-refractivity contribution is 0.0384. The fraction of sp³-hybridized carbons (Fsp3) is 1.00. The zero-order valence-corrected chi connectivity index (χ0v) is 13.5.